The third-order valence-electron chi connectivity index (χ3n) is 4.66. The summed E-state index contributed by atoms with van der Waals surface area (Å²) >= 11 is 0. The van der Waals surface area contributed by atoms with Crippen LogP contribution in [0.5, 0.6) is 0 Å². The van der Waals surface area contributed by atoms with E-state index in [1.54, 1.807) is 0 Å². The van der Waals surface area contributed by atoms with Gasteiger partial charge in [0.2, 0.25) is 0 Å². The Morgan fingerprint density at radius 1 is 1.00 bits per heavy atom. The van der Waals surface area contributed by atoms with E-state index in [2.05, 4.69) is 5.32 Å². The van der Waals surface area contributed by atoms with Gasteiger partial charge in [-0.2, -0.15) is 8.78 Å². The first-order valence-electron chi connectivity index (χ1n) is 7.40. The van der Waals surface area contributed by atoms with Gasteiger partial charge in [-0.3, -0.25) is 4.79 Å². The lowest BCUT2D eigenvalue weighted by molar-refractivity contribution is -0.216. The average molecular weight is 291 g/mol. The van der Waals surface area contributed by atoms with Crippen molar-refractivity contribution in [1.82, 2.24) is 5.32 Å². The predicted octanol–water partition coefficient (Wildman–Crippen LogP) is 1.74. The zero-order valence-electron chi connectivity index (χ0n) is 11.6. The number of alkyl halides is 2. The fourth-order valence-corrected chi connectivity index (χ4v) is 2.96. The largest absolute Gasteiger partial charge is 0.388 e. The van der Waals surface area contributed by atoms with Crippen molar-refractivity contribution in [3.05, 3.63) is 0 Å². The third-order valence-corrected chi connectivity index (χ3v) is 4.66. The summed E-state index contributed by atoms with van der Waals surface area (Å²) in [6.45, 7) is -0.169. The molecule has 0 saturated heterocycles. The molecule has 0 atom stereocenters. The number of amides is 1. The Morgan fingerprint density at radius 3 is 2.00 bits per heavy atom. The van der Waals surface area contributed by atoms with Crippen molar-refractivity contribution in [3.8, 4) is 0 Å². The number of rotatable bonds is 4. The molecule has 2 rings (SSSR count). The molecule has 0 heterocycles. The van der Waals surface area contributed by atoms with Crippen molar-refractivity contribution >= 4 is 5.91 Å². The van der Waals surface area contributed by atoms with Crippen molar-refractivity contribution < 1.29 is 23.8 Å². The first kappa shape index (κ1) is 15.6. The number of aliphatic hydroxyl groups is 2. The molecule has 0 aliphatic heterocycles. The fourth-order valence-electron chi connectivity index (χ4n) is 2.96. The molecule has 1 amide bonds. The molecule has 0 spiro atoms. The summed E-state index contributed by atoms with van der Waals surface area (Å²) in [6.07, 6.45) is 5.14. The third kappa shape index (κ3) is 2.96. The molecule has 0 aromatic rings. The normalized spacial score (nSPS) is 25.4. The number of halogens is 2. The van der Waals surface area contributed by atoms with Gasteiger partial charge in [0.25, 0.3) is 5.91 Å². The highest BCUT2D eigenvalue weighted by Gasteiger charge is 2.61. The molecule has 2 saturated carbocycles. The summed E-state index contributed by atoms with van der Waals surface area (Å²) < 4.78 is 27.7. The van der Waals surface area contributed by atoms with E-state index in [9.17, 15) is 23.8 Å². The second-order valence-corrected chi connectivity index (χ2v) is 6.28. The Balaban J connectivity index is 1.91. The van der Waals surface area contributed by atoms with Crippen molar-refractivity contribution in [2.45, 2.75) is 74.9 Å². The highest BCUT2D eigenvalue weighted by Crippen LogP contribution is 2.44. The van der Waals surface area contributed by atoms with Crippen LogP contribution in [0.25, 0.3) is 0 Å². The highest BCUT2D eigenvalue weighted by atomic mass is 19.3. The number of carbonyl (C=O) groups excluding carboxylic acids is 1. The summed E-state index contributed by atoms with van der Waals surface area (Å²) in [5, 5.41) is 22.1. The standard InChI is InChI=1S/C14H23F2NO3/c15-14(16,13(20)8-5-9-13)11(18)17-10-12(19)6-3-1-2-4-7-12/h19-20H,1-10H2,(H,17,18). The van der Waals surface area contributed by atoms with Crippen LogP contribution >= 0.6 is 0 Å². The van der Waals surface area contributed by atoms with Crippen molar-refractivity contribution in [2.24, 2.45) is 0 Å². The Morgan fingerprint density at radius 2 is 1.55 bits per heavy atom. The van der Waals surface area contributed by atoms with Crippen molar-refractivity contribution in [1.29, 1.82) is 0 Å². The van der Waals surface area contributed by atoms with Gasteiger partial charge < -0.3 is 15.5 Å². The molecule has 0 aromatic heterocycles. The molecule has 0 radical (unpaired) electrons. The van der Waals surface area contributed by atoms with E-state index < -0.39 is 23.0 Å². The summed E-state index contributed by atoms with van der Waals surface area (Å²) in [5.74, 6) is -5.26. The van der Waals surface area contributed by atoms with Crippen LogP contribution < -0.4 is 5.32 Å². The number of hydrogen-bond donors (Lipinski definition) is 3. The topological polar surface area (TPSA) is 69.6 Å². The SMILES string of the molecule is O=C(NCC1(O)CCCCCC1)C(F)(F)C1(O)CCC1. The summed E-state index contributed by atoms with van der Waals surface area (Å²) in [6, 6.07) is 0. The van der Waals surface area contributed by atoms with Crippen LogP contribution in [0, 0.1) is 0 Å². The summed E-state index contributed by atoms with van der Waals surface area (Å²) in [7, 11) is 0. The Kier molecular flexibility index (Phi) is 4.35. The summed E-state index contributed by atoms with van der Waals surface area (Å²) in [5.41, 5.74) is -3.30. The van der Waals surface area contributed by atoms with Gasteiger partial charge in [-0.25, -0.2) is 0 Å². The Hall–Kier alpha value is -0.750. The van der Waals surface area contributed by atoms with Gasteiger partial charge in [0.15, 0.2) is 0 Å². The molecule has 0 bridgehead atoms. The van der Waals surface area contributed by atoms with Gasteiger partial charge >= 0.3 is 5.92 Å². The van der Waals surface area contributed by atoms with Crippen LogP contribution in [-0.2, 0) is 4.79 Å². The number of carbonyl (C=O) groups is 1. The number of hydrogen-bond acceptors (Lipinski definition) is 3. The average Bonchev–Trinajstić information content (AvgIpc) is 2.58. The lowest BCUT2D eigenvalue weighted by Crippen LogP contribution is -2.61. The van der Waals surface area contributed by atoms with Crippen LogP contribution in [0.3, 0.4) is 0 Å². The smallest absolute Gasteiger partial charge is 0.352 e. The Bertz CT molecular complexity index is 361. The zero-order valence-corrected chi connectivity index (χ0v) is 11.6. The maximum atomic E-state index is 13.9. The minimum absolute atomic E-state index is 0.0578. The molecule has 2 fully saturated rings. The monoisotopic (exact) mass is 291 g/mol. The maximum Gasteiger partial charge on any atom is 0.352 e. The van der Waals surface area contributed by atoms with Crippen LogP contribution in [0.4, 0.5) is 8.78 Å². The second kappa shape index (κ2) is 5.56. The van der Waals surface area contributed by atoms with Gasteiger partial charge in [0.05, 0.1) is 5.60 Å². The van der Waals surface area contributed by atoms with E-state index in [0.29, 0.717) is 19.3 Å². The lowest BCUT2D eigenvalue weighted by Gasteiger charge is -2.41. The molecule has 2 aliphatic rings. The molecule has 4 nitrogen and oxygen atoms in total. The van der Waals surface area contributed by atoms with Gasteiger partial charge in [-0.05, 0) is 32.1 Å². The lowest BCUT2D eigenvalue weighted by atomic mass is 9.75. The molecule has 116 valence electrons. The minimum atomic E-state index is -3.79. The quantitative estimate of drug-likeness (QED) is 0.691. The van der Waals surface area contributed by atoms with Crippen molar-refractivity contribution in [2.75, 3.05) is 6.54 Å². The molecule has 6 heteroatoms. The van der Waals surface area contributed by atoms with Crippen LogP contribution in [0.15, 0.2) is 0 Å². The maximum absolute atomic E-state index is 13.9. The molecule has 2 aliphatic carbocycles. The predicted molar refractivity (Wildman–Crippen MR) is 69.4 cm³/mol. The van der Waals surface area contributed by atoms with Gasteiger partial charge in [-0.1, -0.05) is 25.7 Å². The van der Waals surface area contributed by atoms with E-state index in [-0.39, 0.29) is 19.4 Å². The molecule has 3 N–H and O–H groups in total. The van der Waals surface area contributed by atoms with E-state index in [1.807, 2.05) is 0 Å². The minimum Gasteiger partial charge on any atom is -0.388 e. The van der Waals surface area contributed by atoms with E-state index in [0.717, 1.165) is 25.7 Å². The summed E-state index contributed by atoms with van der Waals surface area (Å²) in [4.78, 5) is 11.6. The second-order valence-electron chi connectivity index (χ2n) is 6.28. The van der Waals surface area contributed by atoms with Crippen molar-refractivity contribution in [3.63, 3.8) is 0 Å². The molecule has 0 aromatic carbocycles. The van der Waals surface area contributed by atoms with E-state index in [4.69, 9.17) is 0 Å². The highest BCUT2D eigenvalue weighted by molar-refractivity contribution is 5.85. The number of nitrogens with one attached hydrogen (secondary N) is 1. The fraction of sp³-hybridized carbons (Fsp3) is 0.929. The van der Waals surface area contributed by atoms with Crippen LogP contribution in [-0.4, -0.2) is 39.8 Å². The Labute approximate surface area is 117 Å². The zero-order chi connectivity index (χ0) is 14.9. The molecular weight excluding hydrogens is 268 g/mol. The molecule has 20 heavy (non-hydrogen) atoms. The van der Waals surface area contributed by atoms with E-state index >= 15 is 0 Å². The van der Waals surface area contributed by atoms with Crippen LogP contribution in [0.2, 0.25) is 0 Å². The molecular formula is C14H23F2NO3. The first-order valence-corrected chi connectivity index (χ1v) is 7.40. The van der Waals surface area contributed by atoms with Gasteiger partial charge in [-0.15, -0.1) is 0 Å². The first-order chi connectivity index (χ1) is 9.29. The van der Waals surface area contributed by atoms with Gasteiger partial charge in [0, 0.05) is 6.54 Å². The van der Waals surface area contributed by atoms with E-state index in [1.165, 1.54) is 0 Å². The molecule has 0 unspecified atom stereocenters. The van der Waals surface area contributed by atoms with Gasteiger partial charge in [0.1, 0.15) is 5.60 Å². The van der Waals surface area contributed by atoms with Crippen LogP contribution in [0.1, 0.15) is 57.8 Å².